The standard InChI is InChI=1S/C20H20N4O7S/c1-12-6-8-14(9-7-12)32(30,31)22-11-10-21-18(25)13(2)23-19(26)15-4-3-5-16(24(28)29)17(15)20(23)27/h3-9,13,22H,10-11H2,1-2H3,(H,21,25). The van der Waals surface area contributed by atoms with Crippen molar-refractivity contribution in [2.24, 2.45) is 0 Å². The van der Waals surface area contributed by atoms with E-state index in [1.807, 2.05) is 6.92 Å². The molecule has 1 unspecified atom stereocenters. The molecule has 1 aliphatic heterocycles. The van der Waals surface area contributed by atoms with Crippen LogP contribution in [0.15, 0.2) is 47.4 Å². The van der Waals surface area contributed by atoms with Crippen molar-refractivity contribution < 1.29 is 27.7 Å². The van der Waals surface area contributed by atoms with Gasteiger partial charge in [0.2, 0.25) is 15.9 Å². The van der Waals surface area contributed by atoms with E-state index in [0.717, 1.165) is 11.6 Å². The fraction of sp³-hybridized carbons (Fsp3) is 0.250. The van der Waals surface area contributed by atoms with Crippen molar-refractivity contribution in [2.75, 3.05) is 13.1 Å². The molecule has 3 amide bonds. The van der Waals surface area contributed by atoms with Crippen LogP contribution >= 0.6 is 0 Å². The first kappa shape index (κ1) is 23.0. The summed E-state index contributed by atoms with van der Waals surface area (Å²) in [5.74, 6) is -2.45. The quantitative estimate of drug-likeness (QED) is 0.257. The predicted octanol–water partition coefficient (Wildman–Crippen LogP) is 0.982. The minimum Gasteiger partial charge on any atom is -0.353 e. The van der Waals surface area contributed by atoms with Gasteiger partial charge < -0.3 is 5.32 Å². The van der Waals surface area contributed by atoms with Gasteiger partial charge in [0.1, 0.15) is 11.6 Å². The monoisotopic (exact) mass is 460 g/mol. The summed E-state index contributed by atoms with van der Waals surface area (Å²) in [7, 11) is -3.76. The summed E-state index contributed by atoms with van der Waals surface area (Å²) in [6.07, 6.45) is 0. The Morgan fingerprint density at radius 2 is 1.75 bits per heavy atom. The van der Waals surface area contributed by atoms with Crippen LogP contribution in [-0.4, -0.2) is 55.1 Å². The average Bonchev–Trinajstić information content (AvgIpc) is 3.01. The Morgan fingerprint density at radius 1 is 1.09 bits per heavy atom. The van der Waals surface area contributed by atoms with E-state index >= 15 is 0 Å². The summed E-state index contributed by atoms with van der Waals surface area (Å²) < 4.78 is 26.9. The zero-order valence-corrected chi connectivity index (χ0v) is 18.0. The van der Waals surface area contributed by atoms with Crippen LogP contribution < -0.4 is 10.0 Å². The predicted molar refractivity (Wildman–Crippen MR) is 112 cm³/mol. The number of sulfonamides is 1. The number of nitrogens with one attached hydrogen (secondary N) is 2. The lowest BCUT2D eigenvalue weighted by Crippen LogP contribution is -2.49. The molecule has 0 radical (unpaired) electrons. The molecule has 32 heavy (non-hydrogen) atoms. The molecular formula is C20H20N4O7S. The molecule has 2 aromatic carbocycles. The smallest absolute Gasteiger partial charge is 0.282 e. The van der Waals surface area contributed by atoms with E-state index in [2.05, 4.69) is 10.0 Å². The number of benzene rings is 2. The molecule has 0 aliphatic carbocycles. The Morgan fingerprint density at radius 3 is 2.38 bits per heavy atom. The average molecular weight is 460 g/mol. The van der Waals surface area contributed by atoms with Crippen molar-refractivity contribution in [3.63, 3.8) is 0 Å². The number of nitrogens with zero attached hydrogens (tertiary/aromatic N) is 2. The van der Waals surface area contributed by atoms with Crippen LogP contribution in [-0.2, 0) is 14.8 Å². The van der Waals surface area contributed by atoms with Gasteiger partial charge in [-0.2, -0.15) is 0 Å². The molecule has 1 aliphatic rings. The third-order valence-electron chi connectivity index (χ3n) is 4.94. The molecule has 0 aromatic heterocycles. The fourth-order valence-electron chi connectivity index (χ4n) is 3.23. The maximum absolute atomic E-state index is 12.6. The lowest BCUT2D eigenvalue weighted by atomic mass is 10.1. The van der Waals surface area contributed by atoms with Crippen molar-refractivity contribution in [3.8, 4) is 0 Å². The molecule has 2 aromatic rings. The van der Waals surface area contributed by atoms with E-state index in [1.165, 1.54) is 31.2 Å². The molecule has 3 rings (SSSR count). The van der Waals surface area contributed by atoms with Gasteiger partial charge in [0.05, 0.1) is 15.4 Å². The van der Waals surface area contributed by atoms with Crippen LogP contribution in [0.2, 0.25) is 0 Å². The summed E-state index contributed by atoms with van der Waals surface area (Å²) in [5.41, 5.74) is -0.104. The highest BCUT2D eigenvalue weighted by molar-refractivity contribution is 7.89. The van der Waals surface area contributed by atoms with E-state index in [9.17, 15) is 32.9 Å². The molecule has 12 heteroatoms. The Labute approximate surface area is 183 Å². The van der Waals surface area contributed by atoms with E-state index in [0.29, 0.717) is 4.90 Å². The number of hydrogen-bond acceptors (Lipinski definition) is 7. The van der Waals surface area contributed by atoms with Gasteiger partial charge in [0.25, 0.3) is 17.5 Å². The lowest BCUT2D eigenvalue weighted by molar-refractivity contribution is -0.385. The van der Waals surface area contributed by atoms with Gasteiger partial charge in [-0.25, -0.2) is 13.1 Å². The van der Waals surface area contributed by atoms with Crippen molar-refractivity contribution >= 4 is 33.4 Å². The van der Waals surface area contributed by atoms with Crippen LogP contribution in [0, 0.1) is 17.0 Å². The number of aryl methyl sites for hydroxylation is 1. The van der Waals surface area contributed by atoms with Gasteiger partial charge in [-0.05, 0) is 32.0 Å². The number of carbonyl (C=O) groups is 3. The number of fused-ring (bicyclic) bond motifs is 1. The Bertz CT molecular complexity index is 1210. The van der Waals surface area contributed by atoms with Gasteiger partial charge in [0, 0.05) is 19.2 Å². The van der Waals surface area contributed by atoms with Gasteiger partial charge in [0.15, 0.2) is 0 Å². The zero-order chi connectivity index (χ0) is 23.6. The second-order valence-corrected chi connectivity index (χ2v) is 8.88. The number of amides is 3. The molecule has 1 heterocycles. The number of nitro groups is 1. The highest BCUT2D eigenvalue weighted by atomic mass is 32.2. The van der Waals surface area contributed by atoms with Gasteiger partial charge in [-0.3, -0.25) is 29.4 Å². The first-order valence-electron chi connectivity index (χ1n) is 9.54. The van der Waals surface area contributed by atoms with Crippen molar-refractivity contribution in [1.82, 2.24) is 14.9 Å². The normalized spacial score (nSPS) is 14.2. The summed E-state index contributed by atoms with van der Waals surface area (Å²) in [5, 5.41) is 13.6. The van der Waals surface area contributed by atoms with Crippen LogP contribution in [0.25, 0.3) is 0 Å². The molecule has 0 fully saturated rings. The topological polar surface area (TPSA) is 156 Å². The summed E-state index contributed by atoms with van der Waals surface area (Å²) in [4.78, 5) is 48.8. The van der Waals surface area contributed by atoms with Crippen LogP contribution in [0.1, 0.15) is 33.2 Å². The van der Waals surface area contributed by atoms with Crippen LogP contribution in [0.4, 0.5) is 5.69 Å². The minimum atomic E-state index is -3.76. The maximum Gasteiger partial charge on any atom is 0.282 e. The first-order valence-corrected chi connectivity index (χ1v) is 11.0. The second kappa shape index (κ2) is 8.85. The molecule has 1 atom stereocenters. The number of imide groups is 1. The second-order valence-electron chi connectivity index (χ2n) is 7.11. The number of nitro benzene ring substituents is 1. The van der Waals surface area contributed by atoms with E-state index in [4.69, 9.17) is 0 Å². The third-order valence-corrected chi connectivity index (χ3v) is 6.41. The largest absolute Gasteiger partial charge is 0.353 e. The SMILES string of the molecule is Cc1ccc(S(=O)(=O)NCCNC(=O)C(C)N2C(=O)c3cccc([N+](=O)[O-])c3C2=O)cc1. The molecule has 2 N–H and O–H groups in total. The molecule has 0 saturated heterocycles. The Balaban J connectivity index is 1.61. The van der Waals surface area contributed by atoms with E-state index in [1.54, 1.807) is 12.1 Å². The van der Waals surface area contributed by atoms with Crippen molar-refractivity contribution in [1.29, 1.82) is 0 Å². The fourth-order valence-corrected chi connectivity index (χ4v) is 4.26. The summed E-state index contributed by atoms with van der Waals surface area (Å²) >= 11 is 0. The molecule has 11 nitrogen and oxygen atoms in total. The highest BCUT2D eigenvalue weighted by Gasteiger charge is 2.44. The van der Waals surface area contributed by atoms with Crippen LogP contribution in [0.3, 0.4) is 0 Å². The maximum atomic E-state index is 12.6. The lowest BCUT2D eigenvalue weighted by Gasteiger charge is -2.21. The summed E-state index contributed by atoms with van der Waals surface area (Å²) in [6, 6.07) is 8.66. The van der Waals surface area contributed by atoms with Gasteiger partial charge >= 0.3 is 0 Å². The summed E-state index contributed by atoms with van der Waals surface area (Å²) in [6.45, 7) is 2.91. The van der Waals surface area contributed by atoms with E-state index in [-0.39, 0.29) is 29.1 Å². The molecule has 0 saturated carbocycles. The van der Waals surface area contributed by atoms with Gasteiger partial charge in [-0.1, -0.05) is 23.8 Å². The van der Waals surface area contributed by atoms with E-state index < -0.39 is 44.4 Å². The van der Waals surface area contributed by atoms with Crippen molar-refractivity contribution in [3.05, 3.63) is 69.3 Å². The molecule has 0 bridgehead atoms. The molecular weight excluding hydrogens is 440 g/mol. The highest BCUT2D eigenvalue weighted by Crippen LogP contribution is 2.31. The number of hydrogen-bond donors (Lipinski definition) is 2. The Kier molecular flexibility index (Phi) is 6.37. The van der Waals surface area contributed by atoms with Crippen molar-refractivity contribution in [2.45, 2.75) is 24.8 Å². The first-order chi connectivity index (χ1) is 15.0. The Hall–Kier alpha value is -3.64. The van der Waals surface area contributed by atoms with Crippen LogP contribution in [0.5, 0.6) is 0 Å². The van der Waals surface area contributed by atoms with Gasteiger partial charge in [-0.15, -0.1) is 0 Å². The zero-order valence-electron chi connectivity index (χ0n) is 17.2. The minimum absolute atomic E-state index is 0.0791. The molecule has 0 spiro atoms. The number of rotatable bonds is 8. The number of carbonyl (C=O) groups excluding carboxylic acids is 3. The third kappa shape index (κ3) is 4.36. The molecule has 168 valence electrons.